The average Bonchev–Trinajstić information content (AvgIpc) is 2.43. The highest BCUT2D eigenvalue weighted by molar-refractivity contribution is 6.35. The number of nitrogens with one attached hydrogen (secondary N) is 1. The van der Waals surface area contributed by atoms with E-state index in [1.807, 2.05) is 12.1 Å². The van der Waals surface area contributed by atoms with Gasteiger partial charge in [-0.2, -0.15) is 0 Å². The minimum atomic E-state index is -0.244. The Hall–Kier alpha value is -0.770. The number of hydrogen-bond donors (Lipinski definition) is 1. The number of carbonyl (C=O) groups is 1. The van der Waals surface area contributed by atoms with E-state index in [0.29, 0.717) is 16.6 Å². The fraction of sp³-hybridized carbons (Fsp3) is 0.533. The number of rotatable bonds is 8. The molecule has 0 aliphatic carbocycles. The molecule has 5 heteroatoms. The Labute approximate surface area is 130 Å². The maximum absolute atomic E-state index is 11.6. The summed E-state index contributed by atoms with van der Waals surface area (Å²) in [4.78, 5) is 11.6. The maximum atomic E-state index is 11.6. The number of ether oxygens (including phenoxy) is 1. The number of unbranched alkanes of at least 4 members (excludes halogenated alkanes) is 1. The molecular formula is C15H21Cl2NO2. The molecule has 112 valence electrons. The van der Waals surface area contributed by atoms with Crippen molar-refractivity contribution in [1.29, 1.82) is 0 Å². The molecule has 0 aliphatic rings. The van der Waals surface area contributed by atoms with E-state index in [1.54, 1.807) is 6.07 Å². The van der Waals surface area contributed by atoms with Gasteiger partial charge in [0, 0.05) is 16.6 Å². The van der Waals surface area contributed by atoms with Gasteiger partial charge in [0.05, 0.1) is 7.11 Å². The second-order valence-electron chi connectivity index (χ2n) is 4.66. The van der Waals surface area contributed by atoms with Gasteiger partial charge in [-0.3, -0.25) is 4.79 Å². The highest BCUT2D eigenvalue weighted by Crippen LogP contribution is 2.21. The lowest BCUT2D eigenvalue weighted by Gasteiger charge is -2.16. The van der Waals surface area contributed by atoms with Crippen LogP contribution in [-0.2, 0) is 16.0 Å². The van der Waals surface area contributed by atoms with Crippen LogP contribution < -0.4 is 5.32 Å². The second-order valence-corrected chi connectivity index (χ2v) is 5.50. The van der Waals surface area contributed by atoms with Gasteiger partial charge in [0.25, 0.3) is 0 Å². The molecule has 0 spiro atoms. The van der Waals surface area contributed by atoms with Crippen molar-refractivity contribution in [1.82, 2.24) is 5.32 Å². The minimum Gasteiger partial charge on any atom is -0.468 e. The quantitative estimate of drug-likeness (QED) is 0.740. The summed E-state index contributed by atoms with van der Waals surface area (Å²) in [5, 5.41) is 4.51. The third-order valence-corrected chi connectivity index (χ3v) is 3.72. The summed E-state index contributed by atoms with van der Waals surface area (Å²) in [6.45, 7) is 2.77. The van der Waals surface area contributed by atoms with E-state index in [-0.39, 0.29) is 12.0 Å². The first-order valence-corrected chi connectivity index (χ1v) is 7.59. The van der Waals surface area contributed by atoms with E-state index in [9.17, 15) is 4.79 Å². The van der Waals surface area contributed by atoms with Crippen molar-refractivity contribution in [3.05, 3.63) is 33.8 Å². The van der Waals surface area contributed by atoms with E-state index in [0.717, 1.165) is 31.2 Å². The predicted molar refractivity (Wildman–Crippen MR) is 83.5 cm³/mol. The summed E-state index contributed by atoms with van der Waals surface area (Å²) in [5.74, 6) is -0.208. The van der Waals surface area contributed by atoms with Gasteiger partial charge in [0.2, 0.25) is 0 Å². The fourth-order valence-corrected chi connectivity index (χ4v) is 2.46. The monoisotopic (exact) mass is 317 g/mol. The van der Waals surface area contributed by atoms with Crippen LogP contribution in [0.25, 0.3) is 0 Å². The molecule has 1 unspecified atom stereocenters. The Morgan fingerprint density at radius 1 is 1.40 bits per heavy atom. The first kappa shape index (κ1) is 17.3. The molecule has 1 aromatic rings. The zero-order chi connectivity index (χ0) is 15.0. The minimum absolute atomic E-state index is 0.208. The molecule has 1 N–H and O–H groups in total. The zero-order valence-electron chi connectivity index (χ0n) is 11.9. The number of hydrogen-bond acceptors (Lipinski definition) is 3. The van der Waals surface area contributed by atoms with Crippen LogP contribution in [0.15, 0.2) is 18.2 Å². The molecule has 1 atom stereocenters. The predicted octanol–water partition coefficient (Wildman–Crippen LogP) is 3.86. The molecule has 0 bridgehead atoms. The van der Waals surface area contributed by atoms with Crippen LogP contribution >= 0.6 is 23.2 Å². The van der Waals surface area contributed by atoms with Crippen LogP contribution in [0.3, 0.4) is 0 Å². The van der Waals surface area contributed by atoms with Crippen LogP contribution in [0, 0.1) is 0 Å². The smallest absolute Gasteiger partial charge is 0.322 e. The molecule has 0 saturated carbocycles. The van der Waals surface area contributed by atoms with Gasteiger partial charge in [-0.15, -0.1) is 0 Å². The van der Waals surface area contributed by atoms with Gasteiger partial charge >= 0.3 is 5.97 Å². The average molecular weight is 318 g/mol. The molecule has 0 saturated heterocycles. The first-order chi connectivity index (χ1) is 9.58. The van der Waals surface area contributed by atoms with Gasteiger partial charge in [-0.1, -0.05) is 49.0 Å². The second kappa shape index (κ2) is 9.22. The molecule has 20 heavy (non-hydrogen) atoms. The standard InChI is InChI=1S/C15H21Cl2NO2/c1-3-4-5-14(15(19)20-2)18-9-8-11-6-7-12(16)10-13(11)17/h6-7,10,14,18H,3-5,8-9H2,1-2H3. The summed E-state index contributed by atoms with van der Waals surface area (Å²) in [7, 11) is 1.42. The van der Waals surface area contributed by atoms with Crippen molar-refractivity contribution in [2.45, 2.75) is 38.6 Å². The van der Waals surface area contributed by atoms with Crippen LogP contribution in [0.1, 0.15) is 31.7 Å². The fourth-order valence-electron chi connectivity index (χ4n) is 1.96. The van der Waals surface area contributed by atoms with Crippen molar-refractivity contribution in [3.8, 4) is 0 Å². The van der Waals surface area contributed by atoms with Gasteiger partial charge in [0.1, 0.15) is 6.04 Å². The number of methoxy groups -OCH3 is 1. The molecule has 1 rings (SSSR count). The molecule has 0 heterocycles. The van der Waals surface area contributed by atoms with Gasteiger partial charge in [-0.25, -0.2) is 0 Å². The molecule has 0 radical (unpaired) electrons. The third kappa shape index (κ3) is 5.70. The Kier molecular flexibility index (Phi) is 7.97. The lowest BCUT2D eigenvalue weighted by molar-refractivity contribution is -0.143. The lowest BCUT2D eigenvalue weighted by atomic mass is 10.1. The number of benzene rings is 1. The van der Waals surface area contributed by atoms with Gasteiger partial charge < -0.3 is 10.1 Å². The summed E-state index contributed by atoms with van der Waals surface area (Å²) < 4.78 is 4.81. The summed E-state index contributed by atoms with van der Waals surface area (Å²) >= 11 is 12.0. The highest BCUT2D eigenvalue weighted by Gasteiger charge is 2.17. The first-order valence-electron chi connectivity index (χ1n) is 6.83. The largest absolute Gasteiger partial charge is 0.468 e. The molecule has 0 aromatic heterocycles. The number of halogens is 2. The maximum Gasteiger partial charge on any atom is 0.322 e. The molecule has 0 amide bonds. The summed E-state index contributed by atoms with van der Waals surface area (Å²) in [6, 6.07) is 5.21. The molecular weight excluding hydrogens is 297 g/mol. The van der Waals surface area contributed by atoms with Crippen molar-refractivity contribution < 1.29 is 9.53 Å². The van der Waals surface area contributed by atoms with E-state index in [2.05, 4.69) is 12.2 Å². The van der Waals surface area contributed by atoms with E-state index in [4.69, 9.17) is 27.9 Å². The Morgan fingerprint density at radius 3 is 2.75 bits per heavy atom. The van der Waals surface area contributed by atoms with Crippen LogP contribution in [0.5, 0.6) is 0 Å². The van der Waals surface area contributed by atoms with Crippen molar-refractivity contribution in [2.24, 2.45) is 0 Å². The summed E-state index contributed by atoms with van der Waals surface area (Å²) in [5.41, 5.74) is 1.02. The van der Waals surface area contributed by atoms with Gasteiger partial charge in [0.15, 0.2) is 0 Å². The van der Waals surface area contributed by atoms with E-state index < -0.39 is 0 Å². The third-order valence-electron chi connectivity index (χ3n) is 3.13. The normalized spacial score (nSPS) is 12.2. The molecule has 0 fully saturated rings. The SMILES string of the molecule is CCCCC(NCCc1ccc(Cl)cc1Cl)C(=O)OC. The van der Waals surface area contributed by atoms with Crippen molar-refractivity contribution in [2.75, 3.05) is 13.7 Å². The Bertz CT molecular complexity index is 438. The van der Waals surface area contributed by atoms with E-state index in [1.165, 1.54) is 7.11 Å². The lowest BCUT2D eigenvalue weighted by Crippen LogP contribution is -2.38. The van der Waals surface area contributed by atoms with Crippen LogP contribution in [0.2, 0.25) is 10.0 Å². The summed E-state index contributed by atoms with van der Waals surface area (Å²) in [6.07, 6.45) is 3.58. The number of carbonyl (C=O) groups excluding carboxylic acids is 1. The van der Waals surface area contributed by atoms with Crippen molar-refractivity contribution in [3.63, 3.8) is 0 Å². The van der Waals surface area contributed by atoms with Gasteiger partial charge in [-0.05, 0) is 30.5 Å². The molecule has 3 nitrogen and oxygen atoms in total. The highest BCUT2D eigenvalue weighted by atomic mass is 35.5. The molecule has 1 aromatic carbocycles. The molecule has 0 aliphatic heterocycles. The topological polar surface area (TPSA) is 38.3 Å². The van der Waals surface area contributed by atoms with Crippen molar-refractivity contribution >= 4 is 29.2 Å². The van der Waals surface area contributed by atoms with Crippen LogP contribution in [-0.4, -0.2) is 25.7 Å². The number of esters is 1. The Balaban J connectivity index is 2.48. The van der Waals surface area contributed by atoms with E-state index >= 15 is 0 Å². The zero-order valence-corrected chi connectivity index (χ0v) is 13.4. The van der Waals surface area contributed by atoms with Crippen LogP contribution in [0.4, 0.5) is 0 Å². The Morgan fingerprint density at radius 2 is 2.15 bits per heavy atom.